The minimum Gasteiger partial charge on any atom is -0.481 e. The SMILES string of the molecule is Cc1ccc(OC(C)C(=O)Nc2nnc(SCc3ccccc3C)s2)cc1C. The van der Waals surface area contributed by atoms with Gasteiger partial charge in [0.1, 0.15) is 5.75 Å². The Morgan fingerprint density at radius 3 is 2.64 bits per heavy atom. The summed E-state index contributed by atoms with van der Waals surface area (Å²) in [6, 6.07) is 14.1. The molecule has 0 spiro atoms. The van der Waals surface area contributed by atoms with E-state index in [9.17, 15) is 4.79 Å². The van der Waals surface area contributed by atoms with Gasteiger partial charge >= 0.3 is 0 Å². The highest BCUT2D eigenvalue weighted by Gasteiger charge is 2.17. The summed E-state index contributed by atoms with van der Waals surface area (Å²) in [5.41, 5.74) is 4.84. The number of carbonyl (C=O) groups excluding carboxylic acids is 1. The molecule has 0 fully saturated rings. The lowest BCUT2D eigenvalue weighted by atomic mass is 10.1. The Hall–Kier alpha value is -2.38. The highest BCUT2D eigenvalue weighted by molar-refractivity contribution is 8.00. The van der Waals surface area contributed by atoms with Crippen molar-refractivity contribution in [1.29, 1.82) is 0 Å². The third-order valence-electron chi connectivity index (χ3n) is 4.41. The summed E-state index contributed by atoms with van der Waals surface area (Å²) in [4.78, 5) is 12.4. The number of nitrogens with one attached hydrogen (secondary N) is 1. The van der Waals surface area contributed by atoms with E-state index in [0.717, 1.165) is 15.7 Å². The number of hydrogen-bond acceptors (Lipinski definition) is 6. The average molecular weight is 414 g/mol. The lowest BCUT2D eigenvalue weighted by molar-refractivity contribution is -0.122. The van der Waals surface area contributed by atoms with Crippen molar-refractivity contribution in [2.75, 3.05) is 5.32 Å². The standard InChI is InChI=1S/C21H23N3O2S2/c1-13-9-10-18(11-15(13)3)26-16(4)19(25)22-20-23-24-21(28-20)27-12-17-8-6-5-7-14(17)2/h5-11,16H,12H2,1-4H3,(H,22,23,25). The van der Waals surface area contributed by atoms with E-state index in [-0.39, 0.29) is 5.91 Å². The van der Waals surface area contributed by atoms with E-state index >= 15 is 0 Å². The maximum absolute atomic E-state index is 12.4. The maximum atomic E-state index is 12.4. The van der Waals surface area contributed by atoms with Crippen molar-refractivity contribution in [2.45, 2.75) is 43.9 Å². The predicted octanol–water partition coefficient (Wildman–Crippen LogP) is 5.16. The first-order valence-corrected chi connectivity index (χ1v) is 10.8. The number of hydrogen-bond donors (Lipinski definition) is 1. The number of nitrogens with zero attached hydrogens (tertiary/aromatic N) is 2. The molecule has 7 heteroatoms. The van der Waals surface area contributed by atoms with E-state index in [4.69, 9.17) is 4.74 Å². The van der Waals surface area contributed by atoms with Crippen LogP contribution < -0.4 is 10.1 Å². The van der Waals surface area contributed by atoms with Gasteiger partial charge in [-0.1, -0.05) is 53.4 Å². The Morgan fingerprint density at radius 1 is 1.11 bits per heavy atom. The molecule has 0 radical (unpaired) electrons. The Labute approximate surface area is 173 Å². The van der Waals surface area contributed by atoms with Gasteiger partial charge in [0.2, 0.25) is 5.13 Å². The summed E-state index contributed by atoms with van der Waals surface area (Å²) in [5, 5.41) is 11.5. The van der Waals surface area contributed by atoms with Crippen LogP contribution in [0.3, 0.4) is 0 Å². The molecule has 3 aromatic rings. The van der Waals surface area contributed by atoms with E-state index < -0.39 is 6.10 Å². The van der Waals surface area contributed by atoms with E-state index in [1.165, 1.54) is 28.0 Å². The summed E-state index contributed by atoms with van der Waals surface area (Å²) in [6.45, 7) is 7.88. The van der Waals surface area contributed by atoms with Gasteiger partial charge < -0.3 is 4.74 Å². The number of carbonyl (C=O) groups is 1. The number of anilines is 1. The van der Waals surface area contributed by atoms with Crippen LogP contribution in [0.1, 0.15) is 29.2 Å². The first kappa shape index (κ1) is 20.4. The number of rotatable bonds is 7. The summed E-state index contributed by atoms with van der Waals surface area (Å²) in [7, 11) is 0. The van der Waals surface area contributed by atoms with Crippen molar-refractivity contribution in [3.05, 3.63) is 64.7 Å². The fourth-order valence-corrected chi connectivity index (χ4v) is 4.31. The number of benzene rings is 2. The lowest BCUT2D eigenvalue weighted by Gasteiger charge is -2.14. The molecule has 1 heterocycles. The van der Waals surface area contributed by atoms with E-state index in [2.05, 4.69) is 34.6 Å². The van der Waals surface area contributed by atoms with Gasteiger partial charge in [-0.15, -0.1) is 10.2 Å². The summed E-state index contributed by atoms with van der Waals surface area (Å²) >= 11 is 2.98. The van der Waals surface area contributed by atoms with Crippen LogP contribution in [0.25, 0.3) is 0 Å². The van der Waals surface area contributed by atoms with Crippen molar-refractivity contribution in [1.82, 2.24) is 10.2 Å². The predicted molar refractivity (Wildman–Crippen MR) is 115 cm³/mol. The molecule has 0 saturated carbocycles. The molecule has 1 unspecified atom stereocenters. The Bertz CT molecular complexity index is 972. The zero-order valence-corrected chi connectivity index (χ0v) is 18.0. The summed E-state index contributed by atoms with van der Waals surface area (Å²) < 4.78 is 6.57. The second-order valence-electron chi connectivity index (χ2n) is 6.58. The van der Waals surface area contributed by atoms with Gasteiger partial charge in [-0.25, -0.2) is 0 Å². The molecule has 1 atom stereocenters. The second-order valence-corrected chi connectivity index (χ2v) is 8.78. The molecule has 0 saturated heterocycles. The maximum Gasteiger partial charge on any atom is 0.266 e. The molecule has 1 amide bonds. The molecule has 2 aromatic carbocycles. The molecule has 0 aliphatic heterocycles. The Kier molecular flexibility index (Phi) is 6.70. The monoisotopic (exact) mass is 413 g/mol. The van der Waals surface area contributed by atoms with Crippen LogP contribution in [0.4, 0.5) is 5.13 Å². The number of aromatic nitrogens is 2. The quantitative estimate of drug-likeness (QED) is 0.428. The van der Waals surface area contributed by atoms with Crippen molar-refractivity contribution in [3.63, 3.8) is 0 Å². The first-order valence-electron chi connectivity index (χ1n) is 8.98. The minimum atomic E-state index is -0.630. The number of amides is 1. The van der Waals surface area contributed by atoms with E-state index in [1.54, 1.807) is 18.7 Å². The highest BCUT2D eigenvalue weighted by Crippen LogP contribution is 2.29. The number of aryl methyl sites for hydroxylation is 3. The minimum absolute atomic E-state index is 0.246. The molecule has 1 N–H and O–H groups in total. The zero-order chi connectivity index (χ0) is 20.1. The molecular weight excluding hydrogens is 390 g/mol. The van der Waals surface area contributed by atoms with Crippen LogP contribution in [0.2, 0.25) is 0 Å². The Balaban J connectivity index is 1.54. The molecule has 1 aromatic heterocycles. The van der Waals surface area contributed by atoms with E-state index in [1.807, 2.05) is 44.2 Å². The third-order valence-corrected chi connectivity index (χ3v) is 6.43. The van der Waals surface area contributed by atoms with Gasteiger partial charge in [-0.2, -0.15) is 0 Å². The van der Waals surface area contributed by atoms with Gasteiger partial charge in [0, 0.05) is 5.75 Å². The molecule has 0 aliphatic carbocycles. The smallest absolute Gasteiger partial charge is 0.266 e. The third kappa shape index (κ3) is 5.33. The molecule has 146 valence electrons. The summed E-state index contributed by atoms with van der Waals surface area (Å²) in [5.74, 6) is 1.25. The van der Waals surface area contributed by atoms with Crippen LogP contribution in [0.5, 0.6) is 5.75 Å². The lowest BCUT2D eigenvalue weighted by Crippen LogP contribution is -2.30. The first-order chi connectivity index (χ1) is 13.4. The van der Waals surface area contributed by atoms with Crippen LogP contribution in [-0.4, -0.2) is 22.2 Å². The largest absolute Gasteiger partial charge is 0.481 e. The van der Waals surface area contributed by atoms with Crippen molar-refractivity contribution < 1.29 is 9.53 Å². The van der Waals surface area contributed by atoms with Gasteiger partial charge in [-0.3, -0.25) is 10.1 Å². The van der Waals surface area contributed by atoms with Crippen LogP contribution >= 0.6 is 23.1 Å². The molecule has 28 heavy (non-hydrogen) atoms. The highest BCUT2D eigenvalue weighted by atomic mass is 32.2. The molecule has 5 nitrogen and oxygen atoms in total. The van der Waals surface area contributed by atoms with Crippen LogP contribution in [-0.2, 0) is 10.5 Å². The van der Waals surface area contributed by atoms with Gasteiger partial charge in [0.25, 0.3) is 5.91 Å². The van der Waals surface area contributed by atoms with Gasteiger partial charge in [-0.05, 0) is 62.1 Å². The fraction of sp³-hybridized carbons (Fsp3) is 0.286. The molecular formula is C21H23N3O2S2. The zero-order valence-electron chi connectivity index (χ0n) is 16.4. The van der Waals surface area contributed by atoms with Crippen molar-refractivity contribution in [2.24, 2.45) is 0 Å². The van der Waals surface area contributed by atoms with Crippen LogP contribution in [0, 0.1) is 20.8 Å². The second kappa shape index (κ2) is 9.21. The normalized spacial score (nSPS) is 11.9. The summed E-state index contributed by atoms with van der Waals surface area (Å²) in [6.07, 6.45) is -0.630. The van der Waals surface area contributed by atoms with Crippen molar-refractivity contribution in [3.8, 4) is 5.75 Å². The Morgan fingerprint density at radius 2 is 1.89 bits per heavy atom. The fourth-order valence-electron chi connectivity index (χ4n) is 2.48. The van der Waals surface area contributed by atoms with Gasteiger partial charge in [0.05, 0.1) is 0 Å². The van der Waals surface area contributed by atoms with E-state index in [0.29, 0.717) is 10.9 Å². The molecule has 0 bridgehead atoms. The average Bonchev–Trinajstić information content (AvgIpc) is 3.11. The van der Waals surface area contributed by atoms with Crippen LogP contribution in [0.15, 0.2) is 46.8 Å². The van der Waals surface area contributed by atoms with Crippen molar-refractivity contribution >= 4 is 34.1 Å². The topological polar surface area (TPSA) is 64.1 Å². The number of ether oxygens (including phenoxy) is 1. The molecule has 3 rings (SSSR count). The van der Waals surface area contributed by atoms with Gasteiger partial charge in [0.15, 0.2) is 10.4 Å². The molecule has 0 aliphatic rings. The number of thioether (sulfide) groups is 1.